The van der Waals surface area contributed by atoms with Crippen LogP contribution in [-0.2, 0) is 11.3 Å². The SMILES string of the molecule is Cc1ccc2c(c1)N1C(=O)OCC1CCN(C1CCC(CO)CC1)C2. The summed E-state index contributed by atoms with van der Waals surface area (Å²) in [4.78, 5) is 16.7. The molecule has 136 valence electrons. The topological polar surface area (TPSA) is 53.0 Å². The van der Waals surface area contributed by atoms with Gasteiger partial charge in [-0.25, -0.2) is 4.79 Å². The minimum atomic E-state index is -0.200. The Hall–Kier alpha value is -1.59. The zero-order valence-corrected chi connectivity index (χ0v) is 15.0. The maximum Gasteiger partial charge on any atom is 0.414 e. The van der Waals surface area contributed by atoms with Gasteiger partial charge in [0.05, 0.1) is 11.7 Å². The Kier molecular flexibility index (Phi) is 4.69. The highest BCUT2D eigenvalue weighted by atomic mass is 16.6. The third kappa shape index (κ3) is 3.27. The number of aryl methyl sites for hydroxylation is 1. The summed E-state index contributed by atoms with van der Waals surface area (Å²) in [5, 5.41) is 9.39. The molecule has 1 N–H and O–H groups in total. The summed E-state index contributed by atoms with van der Waals surface area (Å²) in [5.74, 6) is 0.484. The van der Waals surface area contributed by atoms with Gasteiger partial charge in [0.2, 0.25) is 0 Å². The Morgan fingerprint density at radius 2 is 1.96 bits per heavy atom. The van der Waals surface area contributed by atoms with E-state index in [0.29, 0.717) is 25.2 Å². The van der Waals surface area contributed by atoms with Gasteiger partial charge in [0.15, 0.2) is 0 Å². The first-order valence-corrected chi connectivity index (χ1v) is 9.56. The second kappa shape index (κ2) is 6.96. The molecule has 2 fully saturated rings. The lowest BCUT2D eigenvalue weighted by Gasteiger charge is -2.39. The normalized spacial score (nSPS) is 30.2. The molecule has 1 saturated heterocycles. The number of carbonyl (C=O) groups is 1. The van der Waals surface area contributed by atoms with Crippen molar-refractivity contribution >= 4 is 11.8 Å². The molecule has 2 aliphatic heterocycles. The number of rotatable bonds is 2. The van der Waals surface area contributed by atoms with Gasteiger partial charge in [-0.15, -0.1) is 0 Å². The van der Waals surface area contributed by atoms with Gasteiger partial charge < -0.3 is 9.84 Å². The van der Waals surface area contributed by atoms with Gasteiger partial charge in [0.25, 0.3) is 0 Å². The van der Waals surface area contributed by atoms with Crippen molar-refractivity contribution in [1.82, 2.24) is 4.90 Å². The van der Waals surface area contributed by atoms with Crippen LogP contribution in [0.2, 0.25) is 0 Å². The largest absolute Gasteiger partial charge is 0.447 e. The molecule has 0 radical (unpaired) electrons. The van der Waals surface area contributed by atoms with Crippen LogP contribution < -0.4 is 4.90 Å². The number of aliphatic hydroxyl groups excluding tert-OH is 1. The monoisotopic (exact) mass is 344 g/mol. The average Bonchev–Trinajstić information content (AvgIpc) is 2.98. The molecule has 0 spiro atoms. The quantitative estimate of drug-likeness (QED) is 0.896. The smallest absolute Gasteiger partial charge is 0.414 e. The molecule has 1 saturated carbocycles. The highest BCUT2D eigenvalue weighted by Crippen LogP contribution is 2.35. The molecule has 1 aliphatic carbocycles. The molecule has 0 bridgehead atoms. The van der Waals surface area contributed by atoms with Crippen molar-refractivity contribution in [2.24, 2.45) is 5.92 Å². The molecule has 1 atom stereocenters. The fraction of sp³-hybridized carbons (Fsp3) is 0.650. The number of aliphatic hydroxyl groups is 1. The van der Waals surface area contributed by atoms with Gasteiger partial charge in [0, 0.05) is 25.7 Å². The van der Waals surface area contributed by atoms with Crippen molar-refractivity contribution in [3.8, 4) is 0 Å². The lowest BCUT2D eigenvalue weighted by molar-refractivity contribution is 0.101. The fourth-order valence-corrected chi connectivity index (χ4v) is 4.62. The summed E-state index contributed by atoms with van der Waals surface area (Å²) in [6, 6.07) is 7.16. The number of nitrogens with zero attached hydrogens (tertiary/aromatic N) is 2. The van der Waals surface area contributed by atoms with Crippen LogP contribution in [0.1, 0.15) is 43.2 Å². The zero-order valence-electron chi connectivity index (χ0n) is 15.0. The molecule has 2 heterocycles. The van der Waals surface area contributed by atoms with Gasteiger partial charge in [-0.3, -0.25) is 9.80 Å². The summed E-state index contributed by atoms with van der Waals surface area (Å²) in [6.45, 7) is 4.78. The van der Waals surface area contributed by atoms with Crippen LogP contribution in [0.25, 0.3) is 0 Å². The molecule has 1 unspecified atom stereocenters. The Bertz CT molecular complexity index is 640. The van der Waals surface area contributed by atoms with Crippen molar-refractivity contribution < 1.29 is 14.6 Å². The van der Waals surface area contributed by atoms with Crippen molar-refractivity contribution in [1.29, 1.82) is 0 Å². The van der Waals surface area contributed by atoms with Gasteiger partial charge in [0.1, 0.15) is 6.61 Å². The summed E-state index contributed by atoms with van der Waals surface area (Å²) >= 11 is 0. The summed E-state index contributed by atoms with van der Waals surface area (Å²) in [5.41, 5.74) is 3.42. The summed E-state index contributed by atoms with van der Waals surface area (Å²) in [7, 11) is 0. The van der Waals surface area contributed by atoms with Crippen LogP contribution in [-0.4, -0.2) is 47.9 Å². The second-order valence-electron chi connectivity index (χ2n) is 7.85. The van der Waals surface area contributed by atoms with E-state index in [1.807, 2.05) is 4.90 Å². The summed E-state index contributed by atoms with van der Waals surface area (Å²) < 4.78 is 5.36. The van der Waals surface area contributed by atoms with Gasteiger partial charge >= 0.3 is 6.09 Å². The van der Waals surface area contributed by atoms with Crippen LogP contribution in [0.4, 0.5) is 10.5 Å². The lowest BCUT2D eigenvalue weighted by Crippen LogP contribution is -2.44. The number of anilines is 1. The first kappa shape index (κ1) is 16.9. The first-order valence-electron chi connectivity index (χ1n) is 9.56. The van der Waals surface area contributed by atoms with Gasteiger partial charge in [-0.05, 0) is 62.1 Å². The zero-order chi connectivity index (χ0) is 17.4. The lowest BCUT2D eigenvalue weighted by atomic mass is 9.85. The standard InChI is InChI=1S/C20H28N2O3/c1-14-2-5-16-11-21(17-6-3-15(12-23)4-7-17)9-8-18-13-25-20(24)22(18)19(16)10-14/h2,5,10,15,17-18,23H,3-4,6-9,11-13H2,1H3. The minimum Gasteiger partial charge on any atom is -0.447 e. The average molecular weight is 344 g/mol. The van der Waals surface area contributed by atoms with Crippen molar-refractivity contribution in [3.63, 3.8) is 0 Å². The van der Waals surface area contributed by atoms with E-state index >= 15 is 0 Å². The molecule has 3 aliphatic rings. The number of fused-ring (bicyclic) bond motifs is 3. The van der Waals surface area contributed by atoms with E-state index in [4.69, 9.17) is 4.74 Å². The van der Waals surface area contributed by atoms with Gasteiger partial charge in [-0.1, -0.05) is 12.1 Å². The maximum absolute atomic E-state index is 12.3. The first-order chi connectivity index (χ1) is 12.2. The molecule has 5 heteroatoms. The highest BCUT2D eigenvalue weighted by molar-refractivity contribution is 5.91. The van der Waals surface area contributed by atoms with Crippen LogP contribution in [0.15, 0.2) is 18.2 Å². The molecule has 25 heavy (non-hydrogen) atoms. The third-order valence-corrected chi connectivity index (χ3v) is 6.18. The molecular weight excluding hydrogens is 316 g/mol. The molecule has 4 rings (SSSR count). The predicted octanol–water partition coefficient (Wildman–Crippen LogP) is 3.08. The van der Waals surface area contributed by atoms with Crippen molar-refractivity contribution in [3.05, 3.63) is 29.3 Å². The molecular formula is C20H28N2O3. The molecule has 0 aromatic heterocycles. The number of ether oxygens (including phenoxy) is 1. The Labute approximate surface area is 149 Å². The third-order valence-electron chi connectivity index (χ3n) is 6.18. The van der Waals surface area contributed by atoms with E-state index in [1.54, 1.807) is 0 Å². The fourth-order valence-electron chi connectivity index (χ4n) is 4.62. The van der Waals surface area contributed by atoms with Crippen LogP contribution in [0, 0.1) is 12.8 Å². The van der Waals surface area contributed by atoms with Crippen molar-refractivity contribution in [2.45, 2.75) is 57.7 Å². The molecule has 1 amide bonds. The van der Waals surface area contributed by atoms with E-state index in [1.165, 1.54) is 11.1 Å². The molecule has 1 aromatic rings. The van der Waals surface area contributed by atoms with E-state index in [2.05, 4.69) is 30.0 Å². The van der Waals surface area contributed by atoms with E-state index < -0.39 is 0 Å². The van der Waals surface area contributed by atoms with Crippen LogP contribution in [0.5, 0.6) is 0 Å². The number of hydrogen-bond donors (Lipinski definition) is 1. The van der Waals surface area contributed by atoms with E-state index in [9.17, 15) is 9.90 Å². The van der Waals surface area contributed by atoms with Crippen molar-refractivity contribution in [2.75, 3.05) is 24.7 Å². The number of benzene rings is 1. The van der Waals surface area contributed by atoms with Gasteiger partial charge in [-0.2, -0.15) is 0 Å². The summed E-state index contributed by atoms with van der Waals surface area (Å²) in [6.07, 6.45) is 5.32. The highest BCUT2D eigenvalue weighted by Gasteiger charge is 2.38. The molecule has 1 aromatic carbocycles. The van der Waals surface area contributed by atoms with E-state index in [-0.39, 0.29) is 12.1 Å². The Morgan fingerprint density at radius 3 is 2.72 bits per heavy atom. The van der Waals surface area contributed by atoms with E-state index in [0.717, 1.165) is 50.9 Å². The van der Waals surface area contributed by atoms with Crippen LogP contribution in [0.3, 0.4) is 0 Å². The van der Waals surface area contributed by atoms with Crippen LogP contribution >= 0.6 is 0 Å². The Morgan fingerprint density at radius 1 is 1.16 bits per heavy atom. The number of amides is 1. The number of cyclic esters (lactones) is 1. The maximum atomic E-state index is 12.3. The molecule has 5 nitrogen and oxygen atoms in total. The Balaban J connectivity index is 1.60. The number of hydrogen-bond acceptors (Lipinski definition) is 4. The predicted molar refractivity (Wildman–Crippen MR) is 96.7 cm³/mol. The minimum absolute atomic E-state index is 0.143. The second-order valence-corrected chi connectivity index (χ2v) is 7.85. The number of carbonyl (C=O) groups excluding carboxylic acids is 1.